The Bertz CT molecular complexity index is 540. The van der Waals surface area contributed by atoms with Gasteiger partial charge in [0.25, 0.3) is 0 Å². The largest absolute Gasteiger partial charge is 0.384 e. The molecule has 0 aromatic carbocycles. The summed E-state index contributed by atoms with van der Waals surface area (Å²) in [6.07, 6.45) is 0. The van der Waals surface area contributed by atoms with Gasteiger partial charge in [-0.25, -0.2) is 4.39 Å². The Labute approximate surface area is 156 Å². The Hall–Kier alpha value is 0.776. The number of hydrogen-bond acceptors (Lipinski definition) is 2. The first-order valence-corrected chi connectivity index (χ1v) is 5.74. The molecule has 1 N–H and O–H groups in total. The van der Waals surface area contributed by atoms with Crippen molar-refractivity contribution in [1.29, 1.82) is 0 Å². The van der Waals surface area contributed by atoms with Gasteiger partial charge in [0.15, 0.2) is 0 Å². The van der Waals surface area contributed by atoms with Crippen molar-refractivity contribution in [2.75, 3.05) is 0 Å². The summed E-state index contributed by atoms with van der Waals surface area (Å²) >= 11 is 0. The van der Waals surface area contributed by atoms with Crippen LogP contribution in [0.3, 0.4) is 0 Å². The van der Waals surface area contributed by atoms with Crippen molar-refractivity contribution >= 4 is 61.5 Å². The van der Waals surface area contributed by atoms with E-state index in [1.807, 2.05) is 0 Å². The van der Waals surface area contributed by atoms with Gasteiger partial charge < -0.3 is 0 Å². The molecular formula is C6HF11KO3S. The quantitative estimate of drug-likeness (QED) is 0.417. The Morgan fingerprint density at radius 3 is 0.909 bits per heavy atom. The predicted molar refractivity (Wildman–Crippen MR) is 45.9 cm³/mol. The van der Waals surface area contributed by atoms with Gasteiger partial charge in [-0.15, -0.1) is 0 Å². The SMILES string of the molecule is O=S(=O)(O)C1(F)C(F)(F)C(F)(F)C(F)(F)C(F)(F)C1(F)F.[K]. The van der Waals surface area contributed by atoms with Crippen LogP contribution in [-0.4, -0.2) is 99.0 Å². The fraction of sp³-hybridized carbons (Fsp3) is 1.00. The topological polar surface area (TPSA) is 54.4 Å². The third-order valence-corrected chi connectivity index (χ3v) is 3.96. The molecule has 0 atom stereocenters. The predicted octanol–water partition coefficient (Wildman–Crippen LogP) is 2.35. The Morgan fingerprint density at radius 1 is 0.545 bits per heavy atom. The van der Waals surface area contributed by atoms with Gasteiger partial charge in [0.1, 0.15) is 0 Å². The van der Waals surface area contributed by atoms with Crippen molar-refractivity contribution in [2.45, 2.75) is 34.6 Å². The van der Waals surface area contributed by atoms with Crippen LogP contribution in [0, 0.1) is 0 Å². The van der Waals surface area contributed by atoms with Crippen LogP contribution < -0.4 is 0 Å². The van der Waals surface area contributed by atoms with E-state index in [2.05, 4.69) is 0 Å². The average Bonchev–Trinajstić information content (AvgIpc) is 2.23. The second kappa shape index (κ2) is 5.14. The van der Waals surface area contributed by atoms with Crippen molar-refractivity contribution in [1.82, 2.24) is 0 Å². The zero-order valence-corrected chi connectivity index (χ0v) is 13.8. The van der Waals surface area contributed by atoms with Gasteiger partial charge in [0, 0.05) is 51.4 Å². The molecule has 0 spiro atoms. The van der Waals surface area contributed by atoms with Crippen LogP contribution in [-0.2, 0) is 10.1 Å². The van der Waals surface area contributed by atoms with E-state index in [-0.39, 0.29) is 51.4 Å². The first kappa shape index (κ1) is 22.8. The van der Waals surface area contributed by atoms with Gasteiger partial charge in [0.2, 0.25) is 0 Å². The fourth-order valence-electron chi connectivity index (χ4n) is 1.52. The van der Waals surface area contributed by atoms with E-state index in [1.54, 1.807) is 0 Å². The second-order valence-electron chi connectivity index (χ2n) is 3.94. The summed E-state index contributed by atoms with van der Waals surface area (Å²) in [5, 5.41) is -7.39. The molecule has 1 aliphatic rings. The van der Waals surface area contributed by atoms with Crippen LogP contribution in [0.4, 0.5) is 48.3 Å². The molecule has 127 valence electrons. The molecule has 0 saturated heterocycles. The maximum atomic E-state index is 13.3. The normalized spacial score (nSPS) is 30.2. The molecule has 0 aromatic heterocycles. The molecule has 1 aliphatic carbocycles. The minimum absolute atomic E-state index is 0. The van der Waals surface area contributed by atoms with Gasteiger partial charge in [-0.05, 0) is 0 Å². The van der Waals surface area contributed by atoms with Crippen molar-refractivity contribution in [2.24, 2.45) is 0 Å². The van der Waals surface area contributed by atoms with E-state index >= 15 is 0 Å². The third-order valence-electron chi connectivity index (χ3n) is 2.74. The van der Waals surface area contributed by atoms with Gasteiger partial charge >= 0.3 is 44.7 Å². The summed E-state index contributed by atoms with van der Waals surface area (Å²) < 4.78 is 169. The van der Waals surface area contributed by atoms with E-state index in [0.717, 1.165) is 0 Å². The van der Waals surface area contributed by atoms with Crippen molar-refractivity contribution in [3.63, 3.8) is 0 Å². The summed E-state index contributed by atoms with van der Waals surface area (Å²) in [4.78, 5) is 0. The number of hydrogen-bond donors (Lipinski definition) is 1. The first-order chi connectivity index (χ1) is 8.75. The van der Waals surface area contributed by atoms with Crippen LogP contribution in [0.15, 0.2) is 0 Å². The molecule has 1 rings (SSSR count). The maximum Gasteiger partial charge on any atom is 0.384 e. The van der Waals surface area contributed by atoms with Crippen LogP contribution in [0.5, 0.6) is 0 Å². The summed E-state index contributed by atoms with van der Waals surface area (Å²) in [5.41, 5.74) is 0. The molecule has 16 heteroatoms. The van der Waals surface area contributed by atoms with Gasteiger partial charge in [0.05, 0.1) is 0 Å². The number of alkyl halides is 11. The van der Waals surface area contributed by atoms with Crippen LogP contribution in [0.1, 0.15) is 0 Å². The van der Waals surface area contributed by atoms with Crippen molar-refractivity contribution in [3.05, 3.63) is 0 Å². The molecule has 0 aromatic rings. The molecule has 3 nitrogen and oxygen atoms in total. The minimum Gasteiger partial charge on any atom is -0.283 e. The average molecular weight is 401 g/mol. The molecule has 0 heterocycles. The van der Waals surface area contributed by atoms with Gasteiger partial charge in [-0.2, -0.15) is 52.3 Å². The molecule has 0 amide bonds. The molecule has 0 bridgehead atoms. The Kier molecular flexibility index (Phi) is 5.32. The van der Waals surface area contributed by atoms with Crippen molar-refractivity contribution < 1.29 is 61.3 Å². The zero-order chi connectivity index (χ0) is 17.5. The first-order valence-electron chi connectivity index (χ1n) is 4.30. The van der Waals surface area contributed by atoms with Crippen LogP contribution in [0.2, 0.25) is 0 Å². The van der Waals surface area contributed by atoms with Gasteiger partial charge in [-0.3, -0.25) is 4.55 Å². The number of rotatable bonds is 1. The van der Waals surface area contributed by atoms with Crippen molar-refractivity contribution in [3.8, 4) is 0 Å². The minimum atomic E-state index is -7.69. The smallest absolute Gasteiger partial charge is 0.283 e. The monoisotopic (exact) mass is 401 g/mol. The number of halogens is 11. The molecule has 0 unspecified atom stereocenters. The molecule has 0 aliphatic heterocycles. The molecule has 22 heavy (non-hydrogen) atoms. The molecular weight excluding hydrogens is 400 g/mol. The van der Waals surface area contributed by atoms with Crippen LogP contribution in [0.25, 0.3) is 0 Å². The summed E-state index contributed by atoms with van der Waals surface area (Å²) in [6.45, 7) is 0. The third kappa shape index (κ3) is 2.00. The standard InChI is InChI=1S/C6HF11O3S.K/c7-1(8)2(9,10)4(13,14)6(17,21(18,19)20)5(15,16)3(1,11)12;/h(H,18,19,20);. The maximum absolute atomic E-state index is 13.3. The van der Waals surface area contributed by atoms with Crippen LogP contribution >= 0.6 is 0 Å². The van der Waals surface area contributed by atoms with E-state index in [1.165, 1.54) is 0 Å². The Morgan fingerprint density at radius 2 is 0.727 bits per heavy atom. The van der Waals surface area contributed by atoms with E-state index in [0.29, 0.717) is 0 Å². The summed E-state index contributed by atoms with van der Waals surface area (Å²) in [7, 11) is -7.69. The molecule has 1 saturated carbocycles. The van der Waals surface area contributed by atoms with Gasteiger partial charge in [-0.1, -0.05) is 0 Å². The molecule has 1 fully saturated rings. The summed E-state index contributed by atoms with van der Waals surface area (Å²) in [6, 6.07) is 0. The molecule has 1 radical (unpaired) electrons. The second-order valence-corrected chi connectivity index (χ2v) is 5.45. The summed E-state index contributed by atoms with van der Waals surface area (Å²) in [5.74, 6) is -37.8. The fourth-order valence-corrected chi connectivity index (χ4v) is 2.42. The van der Waals surface area contributed by atoms with E-state index < -0.39 is 44.7 Å². The van der Waals surface area contributed by atoms with E-state index in [9.17, 15) is 56.7 Å². The van der Waals surface area contributed by atoms with E-state index in [4.69, 9.17) is 4.55 Å². The zero-order valence-electron chi connectivity index (χ0n) is 9.83. The Balaban J connectivity index is 0.00000441.